The van der Waals surface area contributed by atoms with Gasteiger partial charge in [0, 0.05) is 44.4 Å². The number of imidazole rings is 1. The molecule has 6 nitrogen and oxygen atoms in total. The molecule has 3 heterocycles. The Morgan fingerprint density at radius 1 is 1.26 bits per heavy atom. The van der Waals surface area contributed by atoms with Crippen LogP contribution in [0.1, 0.15) is 50.4 Å². The number of aromatic nitrogens is 2. The van der Waals surface area contributed by atoms with Crippen molar-refractivity contribution < 1.29 is 9.63 Å². The number of piperidine rings is 1. The van der Waals surface area contributed by atoms with Gasteiger partial charge in [-0.15, -0.1) is 0 Å². The van der Waals surface area contributed by atoms with Gasteiger partial charge in [-0.2, -0.15) is 0 Å². The van der Waals surface area contributed by atoms with Crippen molar-refractivity contribution in [3.05, 3.63) is 54.1 Å². The minimum atomic E-state index is -0.831. The zero-order valence-electron chi connectivity index (χ0n) is 16.0. The van der Waals surface area contributed by atoms with Crippen LogP contribution in [-0.2, 0) is 16.2 Å². The summed E-state index contributed by atoms with van der Waals surface area (Å²) in [6, 6.07) is 10.4. The maximum atomic E-state index is 12.9. The van der Waals surface area contributed by atoms with E-state index in [1.54, 1.807) is 0 Å². The van der Waals surface area contributed by atoms with E-state index in [1.807, 2.05) is 37.2 Å². The summed E-state index contributed by atoms with van der Waals surface area (Å²) in [6.45, 7) is 6.04. The molecule has 0 spiro atoms. The molecule has 2 aliphatic rings. The number of hydrogen-bond acceptors (Lipinski definition) is 4. The monoisotopic (exact) mass is 366 g/mol. The molecule has 1 aromatic heterocycles. The average Bonchev–Trinajstić information content (AvgIpc) is 3.29. The summed E-state index contributed by atoms with van der Waals surface area (Å²) in [7, 11) is 0. The predicted molar refractivity (Wildman–Crippen MR) is 104 cm³/mol. The Bertz CT molecular complexity index is 837. The number of oxime groups is 1. The third-order valence-corrected chi connectivity index (χ3v) is 5.54. The smallest absolute Gasteiger partial charge is 0.269 e. The van der Waals surface area contributed by atoms with Crippen LogP contribution in [0, 0.1) is 0 Å². The Hall–Kier alpha value is -2.63. The molecule has 2 aliphatic heterocycles. The molecule has 0 bridgehead atoms. The lowest BCUT2D eigenvalue weighted by Crippen LogP contribution is -2.50. The van der Waals surface area contributed by atoms with Crippen molar-refractivity contribution >= 4 is 11.6 Å². The summed E-state index contributed by atoms with van der Waals surface area (Å²) in [5.74, 6) is 1.55. The minimum Gasteiger partial charge on any atom is -0.379 e. The summed E-state index contributed by atoms with van der Waals surface area (Å²) in [5, 5.41) is 3.97. The second-order valence-electron chi connectivity index (χ2n) is 7.79. The van der Waals surface area contributed by atoms with E-state index in [0.29, 0.717) is 12.3 Å². The molecule has 1 aromatic carbocycles. The zero-order chi connectivity index (χ0) is 18.9. The molecule has 2 aromatic rings. The van der Waals surface area contributed by atoms with Gasteiger partial charge in [0.1, 0.15) is 5.82 Å². The number of carbonyl (C=O) groups excluding carboxylic acids is 1. The number of hydrogen-bond donors (Lipinski definition) is 0. The molecule has 1 amide bonds. The molecule has 0 aliphatic carbocycles. The van der Waals surface area contributed by atoms with Crippen LogP contribution >= 0.6 is 0 Å². The highest BCUT2D eigenvalue weighted by atomic mass is 16.7. The van der Waals surface area contributed by atoms with Crippen LogP contribution in [0.3, 0.4) is 0 Å². The van der Waals surface area contributed by atoms with Crippen LogP contribution in [0.4, 0.5) is 0 Å². The number of nitrogens with zero attached hydrogens (tertiary/aromatic N) is 4. The van der Waals surface area contributed by atoms with Crippen molar-refractivity contribution in [3.63, 3.8) is 0 Å². The lowest BCUT2D eigenvalue weighted by atomic mass is 9.92. The SMILES string of the molecule is CC1=NOC(C)(C(=O)N2CCC(c3nccn3Cc3ccccc3)CC2)C1. The summed E-state index contributed by atoms with van der Waals surface area (Å²) in [6.07, 6.45) is 6.35. The molecule has 1 unspecified atom stereocenters. The minimum absolute atomic E-state index is 0.0502. The standard InChI is InChI=1S/C21H26N4O2/c1-16-14-21(2,27-23-16)20(26)24-11-8-18(9-12-24)19-22-10-13-25(19)15-17-6-4-3-5-7-17/h3-7,10,13,18H,8-9,11-12,14-15H2,1-2H3. The van der Waals surface area contributed by atoms with Crippen molar-refractivity contribution in [2.75, 3.05) is 13.1 Å². The first-order valence-corrected chi connectivity index (χ1v) is 9.61. The quantitative estimate of drug-likeness (QED) is 0.835. The van der Waals surface area contributed by atoms with Gasteiger partial charge in [0.05, 0.1) is 5.71 Å². The first-order valence-electron chi connectivity index (χ1n) is 9.61. The van der Waals surface area contributed by atoms with Gasteiger partial charge in [0.25, 0.3) is 5.91 Å². The Morgan fingerprint density at radius 3 is 2.67 bits per heavy atom. The van der Waals surface area contributed by atoms with Gasteiger partial charge in [-0.3, -0.25) is 4.79 Å². The van der Waals surface area contributed by atoms with E-state index in [0.717, 1.165) is 44.0 Å². The third kappa shape index (κ3) is 3.61. The van der Waals surface area contributed by atoms with Gasteiger partial charge in [-0.25, -0.2) is 4.98 Å². The van der Waals surface area contributed by atoms with Crippen molar-refractivity contribution in [2.45, 2.75) is 51.2 Å². The largest absolute Gasteiger partial charge is 0.379 e. The van der Waals surface area contributed by atoms with Gasteiger partial charge in [0.2, 0.25) is 5.60 Å². The molecule has 4 rings (SSSR count). The van der Waals surface area contributed by atoms with Crippen molar-refractivity contribution in [3.8, 4) is 0 Å². The predicted octanol–water partition coefficient (Wildman–Crippen LogP) is 3.19. The normalized spacial score (nSPS) is 23.2. The first-order chi connectivity index (χ1) is 13.0. The van der Waals surface area contributed by atoms with Crippen LogP contribution in [-0.4, -0.2) is 44.8 Å². The van der Waals surface area contributed by atoms with E-state index in [1.165, 1.54) is 5.56 Å². The van der Waals surface area contributed by atoms with Crippen LogP contribution < -0.4 is 0 Å². The number of likely N-dealkylation sites (tertiary alicyclic amines) is 1. The molecule has 0 N–H and O–H groups in total. The molecular formula is C21H26N4O2. The van der Waals surface area contributed by atoms with E-state index in [2.05, 4.69) is 39.0 Å². The Labute approximate surface area is 159 Å². The maximum absolute atomic E-state index is 12.9. The Kier molecular flexibility index (Phi) is 4.72. The molecule has 1 atom stereocenters. The van der Waals surface area contributed by atoms with Crippen LogP contribution in [0.2, 0.25) is 0 Å². The Morgan fingerprint density at radius 2 is 2.00 bits per heavy atom. The second kappa shape index (κ2) is 7.18. The van der Waals surface area contributed by atoms with Crippen molar-refractivity contribution in [2.24, 2.45) is 5.16 Å². The average molecular weight is 366 g/mol. The van der Waals surface area contributed by atoms with Crippen LogP contribution in [0.5, 0.6) is 0 Å². The van der Waals surface area contributed by atoms with Crippen molar-refractivity contribution in [1.82, 2.24) is 14.5 Å². The van der Waals surface area contributed by atoms with Gasteiger partial charge in [-0.1, -0.05) is 35.5 Å². The number of amides is 1. The summed E-state index contributed by atoms with van der Waals surface area (Å²) in [5.41, 5.74) is 1.32. The van der Waals surface area contributed by atoms with Crippen LogP contribution in [0.15, 0.2) is 47.9 Å². The highest BCUT2D eigenvalue weighted by Gasteiger charge is 2.44. The highest BCUT2D eigenvalue weighted by Crippen LogP contribution is 2.31. The van der Waals surface area contributed by atoms with Gasteiger partial charge >= 0.3 is 0 Å². The van der Waals surface area contributed by atoms with Crippen LogP contribution in [0.25, 0.3) is 0 Å². The van der Waals surface area contributed by atoms with Gasteiger partial charge in [0.15, 0.2) is 0 Å². The first kappa shape index (κ1) is 17.8. The molecule has 6 heteroatoms. The molecule has 27 heavy (non-hydrogen) atoms. The number of rotatable bonds is 4. The molecule has 0 radical (unpaired) electrons. The van der Waals surface area contributed by atoms with E-state index in [4.69, 9.17) is 4.84 Å². The molecule has 1 fully saturated rings. The highest BCUT2D eigenvalue weighted by molar-refractivity contribution is 5.94. The van der Waals surface area contributed by atoms with E-state index < -0.39 is 5.60 Å². The molecule has 0 saturated carbocycles. The van der Waals surface area contributed by atoms with E-state index in [-0.39, 0.29) is 5.91 Å². The lowest BCUT2D eigenvalue weighted by molar-refractivity contribution is -0.154. The lowest BCUT2D eigenvalue weighted by Gasteiger charge is -2.35. The fraction of sp³-hybridized carbons (Fsp3) is 0.476. The molecular weight excluding hydrogens is 340 g/mol. The van der Waals surface area contributed by atoms with E-state index in [9.17, 15) is 4.79 Å². The van der Waals surface area contributed by atoms with Gasteiger partial charge in [-0.05, 0) is 32.3 Å². The van der Waals surface area contributed by atoms with E-state index >= 15 is 0 Å². The molecule has 1 saturated heterocycles. The van der Waals surface area contributed by atoms with Gasteiger partial charge < -0.3 is 14.3 Å². The zero-order valence-corrected chi connectivity index (χ0v) is 16.0. The number of benzene rings is 1. The fourth-order valence-corrected chi connectivity index (χ4v) is 4.12. The third-order valence-electron chi connectivity index (χ3n) is 5.54. The second-order valence-corrected chi connectivity index (χ2v) is 7.79. The molecule has 142 valence electrons. The Balaban J connectivity index is 1.39. The number of carbonyl (C=O) groups is 1. The fourth-order valence-electron chi connectivity index (χ4n) is 4.12. The summed E-state index contributed by atoms with van der Waals surface area (Å²) >= 11 is 0. The van der Waals surface area contributed by atoms with Crippen molar-refractivity contribution in [1.29, 1.82) is 0 Å². The summed E-state index contributed by atoms with van der Waals surface area (Å²) in [4.78, 5) is 24.9. The topological polar surface area (TPSA) is 59.7 Å². The maximum Gasteiger partial charge on any atom is 0.269 e. The summed E-state index contributed by atoms with van der Waals surface area (Å²) < 4.78 is 2.23.